The quantitative estimate of drug-likeness (QED) is 0.233. The Morgan fingerprint density at radius 3 is 1.28 bits per heavy atom. The molecule has 0 saturated carbocycles. The normalized spacial score (nSPS) is 14.8. The van der Waals surface area contributed by atoms with Crippen LogP contribution in [-0.2, 0) is 49.4 Å². The Labute approximate surface area is 304 Å². The number of hydrogen-bond donors (Lipinski definition) is 2. The Kier molecular flexibility index (Phi) is 14.3. The number of hydrogen-bond acceptors (Lipinski definition) is 4. The van der Waals surface area contributed by atoms with E-state index >= 15 is 0 Å². The van der Waals surface area contributed by atoms with Crippen molar-refractivity contribution in [2.45, 2.75) is 156 Å². The second-order valence-electron chi connectivity index (χ2n) is 16.7. The van der Waals surface area contributed by atoms with Crippen LogP contribution < -0.4 is 0 Å². The first kappa shape index (κ1) is 39.4. The fourth-order valence-electron chi connectivity index (χ4n) is 7.25. The maximum atomic E-state index is 11.5. The van der Waals surface area contributed by atoms with Crippen LogP contribution in [0.2, 0.25) is 0 Å². The number of phenolic OH excluding ortho intramolecular Hbond substituents is 2. The zero-order valence-corrected chi connectivity index (χ0v) is 32.7. The highest BCUT2D eigenvalue weighted by Crippen LogP contribution is 2.34. The Hall–Kier alpha value is -3.40. The summed E-state index contributed by atoms with van der Waals surface area (Å²) in [6, 6.07) is 13.4. The second-order valence-corrected chi connectivity index (χ2v) is 16.7. The van der Waals surface area contributed by atoms with E-state index in [1.54, 1.807) is 11.1 Å². The third kappa shape index (κ3) is 10.8. The predicted octanol–water partition coefficient (Wildman–Crippen LogP) is 11.4. The summed E-state index contributed by atoms with van der Waals surface area (Å²) in [4.78, 5) is 9.37. The van der Waals surface area contributed by atoms with Crippen molar-refractivity contribution in [3.63, 3.8) is 0 Å². The largest absolute Gasteiger partial charge is 0.507 e. The van der Waals surface area contributed by atoms with Crippen molar-refractivity contribution < 1.29 is 10.2 Å². The molecule has 6 bridgehead atoms. The summed E-state index contributed by atoms with van der Waals surface area (Å²) < 4.78 is 0. The second kappa shape index (κ2) is 18.2. The van der Waals surface area contributed by atoms with E-state index in [9.17, 15) is 10.2 Å². The van der Waals surface area contributed by atoms with E-state index in [2.05, 4.69) is 102 Å². The van der Waals surface area contributed by atoms with Crippen LogP contribution >= 0.6 is 0 Å². The molecule has 0 aromatic heterocycles. The zero-order chi connectivity index (χ0) is 36.3. The zero-order valence-electron chi connectivity index (χ0n) is 32.7. The number of rotatable bonds is 8. The SMILES string of the molecule is CCCCCc1c2ccc(c1CCCCC)CCCc1cc(C(C)(C)C)cc(c1O)C=NCCN=Cc1cc(C(C)(C)C)cc(c1O)CCC2. The van der Waals surface area contributed by atoms with Crippen molar-refractivity contribution in [3.8, 4) is 11.5 Å². The van der Waals surface area contributed by atoms with Crippen LogP contribution in [-0.4, -0.2) is 35.7 Å². The molecular weight excluding hydrogens is 613 g/mol. The number of phenols is 2. The first-order chi connectivity index (χ1) is 23.8. The maximum absolute atomic E-state index is 11.5. The number of aliphatic imine (C=N–C) groups is 2. The molecule has 0 amide bonds. The molecule has 0 unspecified atom stereocenters. The number of unbranched alkanes of at least 4 members (excludes halogenated alkanes) is 4. The molecule has 4 heteroatoms. The van der Waals surface area contributed by atoms with Gasteiger partial charge in [0.2, 0.25) is 0 Å². The minimum Gasteiger partial charge on any atom is -0.507 e. The number of benzene rings is 3. The van der Waals surface area contributed by atoms with E-state index in [1.165, 1.54) is 60.8 Å². The summed E-state index contributed by atoms with van der Waals surface area (Å²) in [5.74, 6) is 0.699. The van der Waals surface area contributed by atoms with E-state index < -0.39 is 0 Å². The third-order valence-corrected chi connectivity index (χ3v) is 10.5. The molecule has 0 spiro atoms. The van der Waals surface area contributed by atoms with Gasteiger partial charge in [0.15, 0.2) is 0 Å². The molecule has 272 valence electrons. The van der Waals surface area contributed by atoms with Crippen LogP contribution in [0, 0.1) is 0 Å². The highest BCUT2D eigenvalue weighted by Gasteiger charge is 2.21. The molecular formula is C46H66N2O2. The van der Waals surface area contributed by atoms with Crippen molar-refractivity contribution >= 4 is 12.4 Å². The molecule has 0 radical (unpaired) electrons. The maximum Gasteiger partial charge on any atom is 0.127 e. The van der Waals surface area contributed by atoms with Crippen molar-refractivity contribution in [1.82, 2.24) is 0 Å². The van der Waals surface area contributed by atoms with E-state index in [0.29, 0.717) is 24.6 Å². The molecule has 5 rings (SSSR count). The van der Waals surface area contributed by atoms with Crippen molar-refractivity contribution in [2.24, 2.45) is 9.98 Å². The molecule has 2 N–H and O–H groups in total. The van der Waals surface area contributed by atoms with Crippen molar-refractivity contribution in [2.75, 3.05) is 13.1 Å². The molecule has 2 aliphatic heterocycles. The van der Waals surface area contributed by atoms with E-state index in [1.807, 2.05) is 12.4 Å². The third-order valence-electron chi connectivity index (χ3n) is 10.5. The van der Waals surface area contributed by atoms with Crippen LogP contribution in [0.4, 0.5) is 0 Å². The van der Waals surface area contributed by atoms with Gasteiger partial charge in [0.1, 0.15) is 11.5 Å². The van der Waals surface area contributed by atoms with Crippen LogP contribution in [0.5, 0.6) is 11.5 Å². The summed E-state index contributed by atoms with van der Waals surface area (Å²) in [5, 5.41) is 22.9. The van der Waals surface area contributed by atoms with Crippen molar-refractivity contribution in [1.29, 1.82) is 0 Å². The molecule has 4 nitrogen and oxygen atoms in total. The summed E-state index contributed by atoms with van der Waals surface area (Å²) >= 11 is 0. The topological polar surface area (TPSA) is 65.2 Å². The van der Waals surface area contributed by atoms with E-state index in [4.69, 9.17) is 0 Å². The van der Waals surface area contributed by atoms with E-state index in [-0.39, 0.29) is 10.8 Å². The Balaban J connectivity index is 1.81. The van der Waals surface area contributed by atoms with Gasteiger partial charge < -0.3 is 10.2 Å². The number of aryl methyl sites for hydroxylation is 4. The number of fused-ring (bicyclic) bond motifs is 9. The van der Waals surface area contributed by atoms with Gasteiger partial charge >= 0.3 is 0 Å². The first-order valence-electron chi connectivity index (χ1n) is 19.7. The lowest BCUT2D eigenvalue weighted by atomic mass is 9.83. The highest BCUT2D eigenvalue weighted by atomic mass is 16.3. The van der Waals surface area contributed by atoms with Crippen LogP contribution in [0.25, 0.3) is 0 Å². The lowest BCUT2D eigenvalue weighted by Gasteiger charge is -2.23. The van der Waals surface area contributed by atoms with Gasteiger partial charge in [-0.1, -0.05) is 105 Å². The molecule has 0 aliphatic carbocycles. The molecule has 2 heterocycles. The minimum atomic E-state index is -0.0432. The molecule has 0 fully saturated rings. The van der Waals surface area contributed by atoms with Crippen LogP contribution in [0.15, 0.2) is 46.4 Å². The van der Waals surface area contributed by atoms with Gasteiger partial charge in [0.05, 0.1) is 13.1 Å². The molecule has 50 heavy (non-hydrogen) atoms. The Morgan fingerprint density at radius 2 is 0.920 bits per heavy atom. The average Bonchev–Trinajstić information content (AvgIpc) is 3.05. The van der Waals surface area contributed by atoms with Gasteiger partial charge in [-0.05, 0) is 132 Å². The average molecular weight is 679 g/mol. The molecule has 0 atom stereocenters. The number of aromatic hydroxyl groups is 2. The fourth-order valence-corrected chi connectivity index (χ4v) is 7.25. The smallest absolute Gasteiger partial charge is 0.127 e. The van der Waals surface area contributed by atoms with Crippen LogP contribution in [0.1, 0.15) is 162 Å². The molecule has 0 saturated heterocycles. The van der Waals surface area contributed by atoms with Gasteiger partial charge in [-0.25, -0.2) is 0 Å². The minimum absolute atomic E-state index is 0.0432. The Bertz CT molecular complexity index is 1500. The predicted molar refractivity (Wildman–Crippen MR) is 215 cm³/mol. The van der Waals surface area contributed by atoms with Crippen LogP contribution in [0.3, 0.4) is 0 Å². The molecule has 2 aliphatic rings. The van der Waals surface area contributed by atoms with Crippen molar-refractivity contribution in [3.05, 3.63) is 92.0 Å². The van der Waals surface area contributed by atoms with Gasteiger partial charge in [0, 0.05) is 23.6 Å². The van der Waals surface area contributed by atoms with Gasteiger partial charge in [-0.15, -0.1) is 0 Å². The van der Waals surface area contributed by atoms with Gasteiger partial charge in [-0.2, -0.15) is 0 Å². The van der Waals surface area contributed by atoms with E-state index in [0.717, 1.165) is 73.6 Å². The Morgan fingerprint density at radius 1 is 0.540 bits per heavy atom. The fraction of sp³-hybridized carbons (Fsp3) is 0.565. The first-order valence-corrected chi connectivity index (χ1v) is 19.7. The summed E-state index contributed by atoms with van der Waals surface area (Å²) in [6.07, 6.45) is 19.0. The molecule has 3 aromatic carbocycles. The molecule has 3 aromatic rings. The standard InChI is InChI=1S/C46H66N2O2/c1-9-11-13-21-41-33-17-15-19-35-27-39(45(3,4)5)29-37(43(35)49)31-47-25-26-48-32-38-30-40(46(6,7)8)28-36(44(38)50)20-16-18-34(24-23-33)42(41)22-14-12-10-2/h23-24,27-32,49-50H,9-22,25-26H2,1-8H3. The monoisotopic (exact) mass is 679 g/mol. The van der Waals surface area contributed by atoms with Gasteiger partial charge in [0.25, 0.3) is 0 Å². The summed E-state index contributed by atoms with van der Waals surface area (Å²) in [7, 11) is 0. The summed E-state index contributed by atoms with van der Waals surface area (Å²) in [5.41, 5.74) is 12.1. The highest BCUT2D eigenvalue weighted by molar-refractivity contribution is 5.85. The summed E-state index contributed by atoms with van der Waals surface area (Å²) in [6.45, 7) is 19.0. The lowest BCUT2D eigenvalue weighted by Crippen LogP contribution is -2.13. The lowest BCUT2D eigenvalue weighted by molar-refractivity contribution is 0.464. The van der Waals surface area contributed by atoms with Gasteiger partial charge in [-0.3, -0.25) is 9.98 Å². The number of nitrogens with zero attached hydrogens (tertiary/aromatic N) is 2.